The Morgan fingerprint density at radius 1 is 1.22 bits per heavy atom. The average molecular weight is 275 g/mol. The fourth-order valence-electron chi connectivity index (χ4n) is 3.18. The Labute approximate surface area is 110 Å². The zero-order valence-electron chi connectivity index (χ0n) is 11.2. The number of sulfone groups is 1. The maximum atomic E-state index is 11.4. The van der Waals surface area contributed by atoms with Crippen molar-refractivity contribution >= 4 is 9.84 Å². The van der Waals surface area contributed by atoms with E-state index < -0.39 is 9.84 Å². The van der Waals surface area contributed by atoms with Gasteiger partial charge in [0.1, 0.15) is 0 Å². The molecule has 2 fully saturated rings. The molecule has 0 aromatic heterocycles. The largest absolute Gasteiger partial charge is 0.393 e. The lowest BCUT2D eigenvalue weighted by Crippen LogP contribution is -2.45. The van der Waals surface area contributed by atoms with E-state index in [9.17, 15) is 13.5 Å². The van der Waals surface area contributed by atoms with Crippen LogP contribution in [0.3, 0.4) is 0 Å². The fourth-order valence-corrected chi connectivity index (χ4v) is 4.45. The van der Waals surface area contributed by atoms with Gasteiger partial charge in [0.2, 0.25) is 0 Å². The fraction of sp³-hybridized carbons (Fsp3) is 1.00. The van der Waals surface area contributed by atoms with Crippen LogP contribution in [0.15, 0.2) is 0 Å². The first-order chi connectivity index (χ1) is 8.50. The van der Waals surface area contributed by atoms with Crippen molar-refractivity contribution in [3.05, 3.63) is 0 Å². The number of hydrogen-bond acceptors (Lipinski definition) is 4. The van der Waals surface area contributed by atoms with E-state index in [1.807, 2.05) is 0 Å². The van der Waals surface area contributed by atoms with Crippen molar-refractivity contribution < 1.29 is 13.5 Å². The van der Waals surface area contributed by atoms with E-state index in [4.69, 9.17) is 0 Å². The molecule has 0 radical (unpaired) electrons. The molecule has 18 heavy (non-hydrogen) atoms. The molecule has 0 amide bonds. The van der Waals surface area contributed by atoms with Gasteiger partial charge in [-0.05, 0) is 31.1 Å². The van der Waals surface area contributed by atoms with Crippen molar-refractivity contribution in [1.82, 2.24) is 4.90 Å². The summed E-state index contributed by atoms with van der Waals surface area (Å²) in [6.45, 7) is 4.37. The number of rotatable bonds is 3. The third-order valence-electron chi connectivity index (χ3n) is 4.56. The Bertz CT molecular complexity index is 354. The summed E-state index contributed by atoms with van der Waals surface area (Å²) >= 11 is 0. The molecule has 1 aliphatic carbocycles. The van der Waals surface area contributed by atoms with Gasteiger partial charge in [0.15, 0.2) is 9.84 Å². The summed E-state index contributed by atoms with van der Waals surface area (Å²) in [5, 5.41) is 10.1. The Kier molecular flexibility index (Phi) is 4.67. The molecular weight excluding hydrogens is 250 g/mol. The highest BCUT2D eigenvalue weighted by Gasteiger charge is 2.31. The van der Waals surface area contributed by atoms with Gasteiger partial charge in [0.05, 0.1) is 17.6 Å². The predicted octanol–water partition coefficient (Wildman–Crippen LogP) is 0.904. The van der Waals surface area contributed by atoms with Gasteiger partial charge in [0.25, 0.3) is 0 Å². The Morgan fingerprint density at radius 2 is 1.89 bits per heavy atom. The summed E-state index contributed by atoms with van der Waals surface area (Å²) in [6, 6.07) is 0. The molecule has 1 aliphatic heterocycles. The number of hydrogen-bond donors (Lipinski definition) is 1. The normalized spacial score (nSPS) is 37.6. The van der Waals surface area contributed by atoms with Crippen LogP contribution >= 0.6 is 0 Å². The van der Waals surface area contributed by atoms with Crippen LogP contribution in [-0.4, -0.2) is 55.7 Å². The van der Waals surface area contributed by atoms with Gasteiger partial charge in [-0.1, -0.05) is 13.3 Å². The monoisotopic (exact) mass is 275 g/mol. The summed E-state index contributed by atoms with van der Waals surface area (Å²) in [4.78, 5) is 2.22. The third-order valence-corrected chi connectivity index (χ3v) is 6.17. The number of aliphatic hydroxyl groups is 1. The van der Waals surface area contributed by atoms with Crippen LogP contribution in [0.1, 0.15) is 32.6 Å². The van der Waals surface area contributed by atoms with E-state index in [2.05, 4.69) is 11.8 Å². The summed E-state index contributed by atoms with van der Waals surface area (Å²) in [7, 11) is -2.79. The standard InChI is InChI=1S/C13H25NO3S/c1-2-11-3-4-13(15)12(9-11)10-14-5-7-18(16,17)8-6-14/h11-13,15H,2-10H2,1H3. The van der Waals surface area contributed by atoms with Crippen molar-refractivity contribution in [3.63, 3.8) is 0 Å². The van der Waals surface area contributed by atoms with E-state index in [0.29, 0.717) is 19.0 Å². The highest BCUT2D eigenvalue weighted by Crippen LogP contribution is 2.32. The van der Waals surface area contributed by atoms with E-state index in [0.717, 1.165) is 31.7 Å². The lowest BCUT2D eigenvalue weighted by Gasteiger charge is -2.37. The van der Waals surface area contributed by atoms with Gasteiger partial charge >= 0.3 is 0 Å². The molecule has 3 unspecified atom stereocenters. The van der Waals surface area contributed by atoms with Crippen LogP contribution in [0.25, 0.3) is 0 Å². The molecule has 0 spiro atoms. The van der Waals surface area contributed by atoms with Gasteiger partial charge in [-0.25, -0.2) is 8.42 Å². The van der Waals surface area contributed by atoms with Crippen molar-refractivity contribution in [1.29, 1.82) is 0 Å². The van der Waals surface area contributed by atoms with Crippen LogP contribution in [-0.2, 0) is 9.84 Å². The van der Waals surface area contributed by atoms with Gasteiger partial charge < -0.3 is 10.0 Å². The molecule has 1 saturated heterocycles. The van der Waals surface area contributed by atoms with Crippen LogP contribution in [0, 0.1) is 11.8 Å². The molecule has 2 aliphatic rings. The first kappa shape index (κ1) is 14.3. The van der Waals surface area contributed by atoms with Crippen LogP contribution in [0.2, 0.25) is 0 Å². The molecule has 1 saturated carbocycles. The molecule has 0 aromatic carbocycles. The van der Waals surface area contributed by atoms with Gasteiger partial charge in [0, 0.05) is 19.6 Å². The van der Waals surface area contributed by atoms with E-state index in [-0.39, 0.29) is 17.6 Å². The van der Waals surface area contributed by atoms with Crippen molar-refractivity contribution in [2.24, 2.45) is 11.8 Å². The average Bonchev–Trinajstić information content (AvgIpc) is 2.34. The Hall–Kier alpha value is -0.130. The first-order valence-electron chi connectivity index (χ1n) is 7.11. The second-order valence-electron chi connectivity index (χ2n) is 5.87. The second-order valence-corrected chi connectivity index (χ2v) is 8.17. The van der Waals surface area contributed by atoms with Crippen molar-refractivity contribution in [2.45, 2.75) is 38.7 Å². The molecular formula is C13H25NO3S. The zero-order chi connectivity index (χ0) is 13.2. The Balaban J connectivity index is 1.85. The highest BCUT2D eigenvalue weighted by molar-refractivity contribution is 7.91. The maximum Gasteiger partial charge on any atom is 0.152 e. The lowest BCUT2D eigenvalue weighted by atomic mass is 9.78. The number of nitrogens with zero attached hydrogens (tertiary/aromatic N) is 1. The molecule has 5 heteroatoms. The Morgan fingerprint density at radius 3 is 2.50 bits per heavy atom. The number of aliphatic hydroxyl groups excluding tert-OH is 1. The minimum absolute atomic E-state index is 0.189. The van der Waals surface area contributed by atoms with Gasteiger partial charge in [-0.3, -0.25) is 0 Å². The van der Waals surface area contributed by atoms with Gasteiger partial charge in [-0.2, -0.15) is 0 Å². The van der Waals surface area contributed by atoms with Crippen LogP contribution < -0.4 is 0 Å². The van der Waals surface area contributed by atoms with Crippen molar-refractivity contribution in [3.8, 4) is 0 Å². The van der Waals surface area contributed by atoms with Gasteiger partial charge in [-0.15, -0.1) is 0 Å². The van der Waals surface area contributed by atoms with Crippen LogP contribution in [0.4, 0.5) is 0 Å². The minimum Gasteiger partial charge on any atom is -0.393 e. The lowest BCUT2D eigenvalue weighted by molar-refractivity contribution is 0.0282. The summed E-state index contributed by atoms with van der Waals surface area (Å²) in [5.74, 6) is 1.65. The van der Waals surface area contributed by atoms with E-state index >= 15 is 0 Å². The molecule has 1 heterocycles. The molecule has 1 N–H and O–H groups in total. The third kappa shape index (κ3) is 3.68. The maximum absolute atomic E-state index is 11.4. The van der Waals surface area contributed by atoms with Crippen molar-refractivity contribution in [2.75, 3.05) is 31.1 Å². The topological polar surface area (TPSA) is 57.6 Å². The zero-order valence-corrected chi connectivity index (χ0v) is 12.0. The summed E-state index contributed by atoms with van der Waals surface area (Å²) in [6.07, 6.45) is 4.16. The van der Waals surface area contributed by atoms with E-state index in [1.54, 1.807) is 0 Å². The highest BCUT2D eigenvalue weighted by atomic mass is 32.2. The molecule has 3 atom stereocenters. The molecule has 0 aromatic rings. The molecule has 2 rings (SSSR count). The predicted molar refractivity (Wildman–Crippen MR) is 72.2 cm³/mol. The molecule has 106 valence electrons. The smallest absolute Gasteiger partial charge is 0.152 e. The minimum atomic E-state index is -2.79. The quantitative estimate of drug-likeness (QED) is 0.831. The summed E-state index contributed by atoms with van der Waals surface area (Å²) < 4.78 is 22.7. The van der Waals surface area contributed by atoms with Crippen LogP contribution in [0.5, 0.6) is 0 Å². The molecule has 0 bridgehead atoms. The SMILES string of the molecule is CCC1CCC(O)C(CN2CCS(=O)(=O)CC2)C1. The molecule has 4 nitrogen and oxygen atoms in total. The van der Waals surface area contributed by atoms with E-state index in [1.165, 1.54) is 6.42 Å². The first-order valence-corrected chi connectivity index (χ1v) is 8.93. The second kappa shape index (κ2) is 5.88. The summed E-state index contributed by atoms with van der Waals surface area (Å²) in [5.41, 5.74) is 0.